The largest absolute Gasteiger partial charge is 0.471 e. The fourth-order valence-electron chi connectivity index (χ4n) is 2.03. The molecule has 0 saturated heterocycles. The van der Waals surface area contributed by atoms with Crippen molar-refractivity contribution in [3.05, 3.63) is 63.6 Å². The van der Waals surface area contributed by atoms with Crippen LogP contribution in [0.25, 0.3) is 10.9 Å². The van der Waals surface area contributed by atoms with Gasteiger partial charge in [0.15, 0.2) is 5.75 Å². The van der Waals surface area contributed by atoms with Gasteiger partial charge in [-0.05, 0) is 53.8 Å². The molecule has 1 aromatic carbocycles. The zero-order chi connectivity index (χ0) is 18.2. The molecule has 0 aliphatic heterocycles. The molecule has 2 aromatic heterocycles. The van der Waals surface area contributed by atoms with E-state index in [1.165, 1.54) is 7.11 Å². The minimum Gasteiger partial charge on any atom is -0.471 e. The molecule has 3 aromatic rings. The average Bonchev–Trinajstić information content (AvgIpc) is 2.66. The van der Waals surface area contributed by atoms with Gasteiger partial charge in [-0.2, -0.15) is 0 Å². The van der Waals surface area contributed by atoms with Crippen molar-refractivity contribution in [3.63, 3.8) is 0 Å². The Labute approximate surface area is 158 Å². The Bertz CT molecular complexity index is 885. The lowest BCUT2D eigenvalue weighted by molar-refractivity contribution is -0.126. The van der Waals surface area contributed by atoms with Crippen molar-refractivity contribution in [2.45, 2.75) is 6.92 Å². The molecule has 0 fully saturated rings. The number of esters is 1. The Kier molecular flexibility index (Phi) is 6.81. The highest BCUT2D eigenvalue weighted by molar-refractivity contribution is 14.1. The van der Waals surface area contributed by atoms with E-state index in [-0.39, 0.29) is 0 Å². The number of fused-ring (bicyclic) bond motifs is 1. The quantitative estimate of drug-likeness (QED) is 0.263. The number of benzene rings is 1. The minimum absolute atomic E-state index is 0.375. The van der Waals surface area contributed by atoms with Gasteiger partial charge in [0.2, 0.25) is 0 Å². The number of pyridine rings is 2. The van der Waals surface area contributed by atoms with Gasteiger partial charge in [-0.1, -0.05) is 18.2 Å². The highest BCUT2D eigenvalue weighted by Gasteiger charge is 2.16. The minimum atomic E-state index is -0.409. The molecule has 0 bridgehead atoms. The van der Waals surface area contributed by atoms with E-state index in [0.717, 1.165) is 9.09 Å². The smallest absolute Gasteiger partial charge is 0.343 e. The first-order valence-corrected chi connectivity index (χ1v) is 8.30. The van der Waals surface area contributed by atoms with Crippen molar-refractivity contribution in [1.82, 2.24) is 9.97 Å². The van der Waals surface area contributed by atoms with Crippen molar-refractivity contribution in [2.24, 2.45) is 0 Å². The van der Waals surface area contributed by atoms with E-state index in [4.69, 9.17) is 9.53 Å². The molecule has 0 saturated carbocycles. The van der Waals surface area contributed by atoms with Crippen LogP contribution in [-0.2, 0) is 9.53 Å². The molecule has 0 N–H and O–H groups in total. The molecule has 7 heteroatoms. The molecule has 0 amide bonds. The normalized spacial score (nSPS) is 9.72. The van der Waals surface area contributed by atoms with Crippen LogP contribution in [0.5, 0.6) is 5.75 Å². The molecule has 0 atom stereocenters. The number of carbonyl (C=O) groups excluding carboxylic acids is 2. The van der Waals surface area contributed by atoms with E-state index in [0.29, 0.717) is 29.0 Å². The molecule has 25 heavy (non-hydrogen) atoms. The lowest BCUT2D eigenvalue weighted by atomic mass is 10.2. The molecule has 0 aliphatic carbocycles. The van der Waals surface area contributed by atoms with Crippen molar-refractivity contribution >= 4 is 45.9 Å². The van der Waals surface area contributed by atoms with Gasteiger partial charge in [-0.3, -0.25) is 9.78 Å². The standard InChI is InChI=1S/C16H11IN2O2.C2H4O2/c1-10-14(21-16(20)11-6-3-2-4-7-11)13-12(15(17)19-10)8-5-9-18-13;1-4-2-3/h2-9H,1H3;2H,1H3. The van der Waals surface area contributed by atoms with Crippen LogP contribution in [0.15, 0.2) is 48.7 Å². The maximum Gasteiger partial charge on any atom is 0.343 e. The van der Waals surface area contributed by atoms with Gasteiger partial charge < -0.3 is 9.47 Å². The summed E-state index contributed by atoms with van der Waals surface area (Å²) in [7, 11) is 1.31. The molecule has 0 unspecified atom stereocenters. The first-order valence-electron chi connectivity index (χ1n) is 7.23. The number of ether oxygens (including phenoxy) is 2. The number of carbonyl (C=O) groups is 2. The maximum absolute atomic E-state index is 12.2. The summed E-state index contributed by atoms with van der Waals surface area (Å²) in [5.74, 6) is 0.00790. The van der Waals surface area contributed by atoms with Gasteiger partial charge in [0, 0.05) is 11.6 Å². The van der Waals surface area contributed by atoms with E-state index in [1.54, 1.807) is 30.5 Å². The second-order valence-corrected chi connectivity index (χ2v) is 5.83. The third-order valence-corrected chi connectivity index (χ3v) is 3.96. The van der Waals surface area contributed by atoms with Gasteiger partial charge in [0.05, 0.1) is 18.4 Å². The summed E-state index contributed by atoms with van der Waals surface area (Å²) < 4.78 is 10.2. The Hall–Kier alpha value is -2.55. The number of halogens is 1. The first kappa shape index (κ1) is 18.8. The summed E-state index contributed by atoms with van der Waals surface area (Å²) in [6, 6.07) is 12.6. The number of aryl methyl sites for hydroxylation is 1. The molecular formula is C18H15IN2O4. The van der Waals surface area contributed by atoms with Crippen LogP contribution in [0.4, 0.5) is 0 Å². The second kappa shape index (κ2) is 9.07. The Morgan fingerprint density at radius 3 is 2.48 bits per heavy atom. The van der Waals surface area contributed by atoms with Crippen LogP contribution < -0.4 is 4.74 Å². The van der Waals surface area contributed by atoms with E-state index in [9.17, 15) is 4.79 Å². The van der Waals surface area contributed by atoms with Crippen molar-refractivity contribution in [3.8, 4) is 5.75 Å². The molecule has 6 nitrogen and oxygen atoms in total. The van der Waals surface area contributed by atoms with Crippen LogP contribution in [0.3, 0.4) is 0 Å². The molecule has 0 radical (unpaired) electrons. The average molecular weight is 450 g/mol. The highest BCUT2D eigenvalue weighted by Crippen LogP contribution is 2.29. The van der Waals surface area contributed by atoms with E-state index in [1.807, 2.05) is 25.1 Å². The molecule has 2 heterocycles. The van der Waals surface area contributed by atoms with Gasteiger partial charge in [0.1, 0.15) is 9.22 Å². The zero-order valence-electron chi connectivity index (χ0n) is 13.6. The lowest BCUT2D eigenvalue weighted by Crippen LogP contribution is -2.10. The summed E-state index contributed by atoms with van der Waals surface area (Å²) in [6.07, 6.45) is 1.68. The molecule has 0 aliphatic rings. The van der Waals surface area contributed by atoms with Gasteiger partial charge >= 0.3 is 5.97 Å². The Morgan fingerprint density at radius 1 is 1.16 bits per heavy atom. The molecule has 0 spiro atoms. The Balaban J connectivity index is 0.000000511. The number of aromatic nitrogens is 2. The number of hydrogen-bond acceptors (Lipinski definition) is 6. The summed E-state index contributed by atoms with van der Waals surface area (Å²) in [4.78, 5) is 29.9. The summed E-state index contributed by atoms with van der Waals surface area (Å²) in [5.41, 5.74) is 1.80. The predicted octanol–water partition coefficient (Wildman–Crippen LogP) is 3.55. The molecule has 128 valence electrons. The van der Waals surface area contributed by atoms with Crippen molar-refractivity contribution in [1.29, 1.82) is 0 Å². The predicted molar refractivity (Wildman–Crippen MR) is 101 cm³/mol. The van der Waals surface area contributed by atoms with Gasteiger partial charge in [0.25, 0.3) is 6.47 Å². The monoisotopic (exact) mass is 450 g/mol. The van der Waals surface area contributed by atoms with Crippen LogP contribution in [0.1, 0.15) is 16.1 Å². The van der Waals surface area contributed by atoms with Crippen molar-refractivity contribution < 1.29 is 19.1 Å². The van der Waals surface area contributed by atoms with Gasteiger partial charge in [-0.25, -0.2) is 9.78 Å². The lowest BCUT2D eigenvalue weighted by Gasteiger charge is -2.10. The SMILES string of the molecule is COC=O.Cc1nc(I)c2cccnc2c1OC(=O)c1ccccc1. The fraction of sp³-hybridized carbons (Fsp3) is 0.111. The number of methoxy groups -OCH3 is 1. The Morgan fingerprint density at radius 2 is 1.84 bits per heavy atom. The van der Waals surface area contributed by atoms with Crippen LogP contribution in [0, 0.1) is 10.6 Å². The summed E-state index contributed by atoms with van der Waals surface area (Å²) >= 11 is 2.15. The number of nitrogens with zero attached hydrogens (tertiary/aromatic N) is 2. The van der Waals surface area contributed by atoms with Crippen LogP contribution in [-0.4, -0.2) is 29.5 Å². The van der Waals surface area contributed by atoms with E-state index in [2.05, 4.69) is 37.3 Å². The van der Waals surface area contributed by atoms with Crippen LogP contribution >= 0.6 is 22.6 Å². The first-order chi connectivity index (χ1) is 12.1. The fourth-order valence-corrected chi connectivity index (χ4v) is 2.83. The maximum atomic E-state index is 12.2. The topological polar surface area (TPSA) is 78.4 Å². The number of rotatable bonds is 3. The summed E-state index contributed by atoms with van der Waals surface area (Å²) in [5, 5.41) is 0.875. The van der Waals surface area contributed by atoms with Gasteiger partial charge in [-0.15, -0.1) is 0 Å². The summed E-state index contributed by atoms with van der Waals surface area (Å²) in [6.45, 7) is 2.18. The third kappa shape index (κ3) is 4.72. The number of hydrogen-bond donors (Lipinski definition) is 0. The van der Waals surface area contributed by atoms with Crippen LogP contribution in [0.2, 0.25) is 0 Å². The molecular weight excluding hydrogens is 435 g/mol. The highest BCUT2D eigenvalue weighted by atomic mass is 127. The second-order valence-electron chi connectivity index (χ2n) is 4.80. The van der Waals surface area contributed by atoms with Crippen molar-refractivity contribution in [2.75, 3.05) is 7.11 Å². The third-order valence-electron chi connectivity index (χ3n) is 3.14. The zero-order valence-corrected chi connectivity index (χ0v) is 15.8. The van der Waals surface area contributed by atoms with E-state index >= 15 is 0 Å². The molecule has 3 rings (SSSR count). The van der Waals surface area contributed by atoms with E-state index < -0.39 is 5.97 Å².